The maximum absolute atomic E-state index is 9.86. The second-order valence-electron chi connectivity index (χ2n) is 5.81. The molecule has 120 valence electrons. The molecule has 0 spiro atoms. The molecule has 1 aliphatic heterocycles. The fraction of sp³-hybridized carbons (Fsp3) is 1.00. The monoisotopic (exact) mass is 308 g/mol. The summed E-state index contributed by atoms with van der Waals surface area (Å²) in [4.78, 5) is 0. The van der Waals surface area contributed by atoms with Crippen molar-refractivity contribution in [3.63, 3.8) is 0 Å². The van der Waals surface area contributed by atoms with Gasteiger partial charge in [-0.15, -0.1) is 11.8 Å². The van der Waals surface area contributed by atoms with Crippen LogP contribution in [0.3, 0.4) is 0 Å². The molecule has 1 aliphatic rings. The predicted octanol–water partition coefficient (Wildman–Crippen LogP) is 0.736. The van der Waals surface area contributed by atoms with Gasteiger partial charge in [-0.1, -0.05) is 33.1 Å². The van der Waals surface area contributed by atoms with Gasteiger partial charge in [-0.3, -0.25) is 0 Å². The quantitative estimate of drug-likeness (QED) is 0.494. The van der Waals surface area contributed by atoms with Crippen molar-refractivity contribution < 1.29 is 25.2 Å². The van der Waals surface area contributed by atoms with Crippen LogP contribution in [0.25, 0.3) is 0 Å². The standard InChI is InChI=1S/C14H28O5S/c1-9(2)6-4-3-5-7-20-14-13(18)12(17)11(16)10(8-15)19-14/h9-18H,3-8H2,1-2H3/t10-,11-,12+,13-,14?/m1/s1. The molecule has 0 radical (unpaired) electrons. The number of aliphatic hydroxyl groups excluding tert-OH is 4. The van der Waals surface area contributed by atoms with Crippen LogP contribution in [0, 0.1) is 5.92 Å². The first kappa shape index (κ1) is 18.2. The SMILES string of the molecule is CC(C)CCCCCSC1O[C@H](CO)[C@@H](O)[C@H](O)[C@H]1O. The molecule has 1 heterocycles. The van der Waals surface area contributed by atoms with E-state index >= 15 is 0 Å². The van der Waals surface area contributed by atoms with Crippen LogP contribution in [0.2, 0.25) is 0 Å². The third kappa shape index (κ3) is 5.50. The lowest BCUT2D eigenvalue weighted by Gasteiger charge is -2.39. The number of rotatable bonds is 8. The van der Waals surface area contributed by atoms with Gasteiger partial charge >= 0.3 is 0 Å². The summed E-state index contributed by atoms with van der Waals surface area (Å²) in [5.41, 5.74) is -0.587. The molecule has 1 saturated heterocycles. The highest BCUT2D eigenvalue weighted by Gasteiger charge is 2.43. The lowest BCUT2D eigenvalue weighted by Crippen LogP contribution is -2.57. The summed E-state index contributed by atoms with van der Waals surface area (Å²) >= 11 is 1.43. The van der Waals surface area contributed by atoms with E-state index in [9.17, 15) is 15.3 Å². The van der Waals surface area contributed by atoms with Crippen LogP contribution in [0.1, 0.15) is 39.5 Å². The first-order valence-corrected chi connectivity index (χ1v) is 8.44. The Kier molecular flexibility index (Phi) is 8.39. The van der Waals surface area contributed by atoms with Gasteiger partial charge in [0.15, 0.2) is 0 Å². The summed E-state index contributed by atoms with van der Waals surface area (Å²) < 4.78 is 5.43. The maximum Gasteiger partial charge on any atom is 0.132 e. The Balaban J connectivity index is 2.25. The Morgan fingerprint density at radius 2 is 1.70 bits per heavy atom. The number of hydrogen-bond acceptors (Lipinski definition) is 6. The van der Waals surface area contributed by atoms with Gasteiger partial charge < -0.3 is 25.2 Å². The first-order valence-electron chi connectivity index (χ1n) is 7.39. The van der Waals surface area contributed by atoms with Crippen molar-refractivity contribution >= 4 is 11.8 Å². The van der Waals surface area contributed by atoms with Gasteiger partial charge in [0.25, 0.3) is 0 Å². The zero-order valence-corrected chi connectivity index (χ0v) is 13.1. The third-order valence-electron chi connectivity index (χ3n) is 3.56. The first-order chi connectivity index (χ1) is 9.47. The number of hydrogen-bond donors (Lipinski definition) is 4. The highest BCUT2D eigenvalue weighted by molar-refractivity contribution is 7.99. The lowest BCUT2D eigenvalue weighted by atomic mass is 10.0. The predicted molar refractivity (Wildman–Crippen MR) is 79.5 cm³/mol. The van der Waals surface area contributed by atoms with Crippen molar-refractivity contribution in [3.8, 4) is 0 Å². The maximum atomic E-state index is 9.86. The van der Waals surface area contributed by atoms with Crippen molar-refractivity contribution in [1.29, 1.82) is 0 Å². The molecule has 0 aromatic heterocycles. The zero-order chi connectivity index (χ0) is 15.1. The minimum atomic E-state index is -1.26. The topological polar surface area (TPSA) is 90.2 Å². The van der Waals surface area contributed by atoms with E-state index in [1.165, 1.54) is 24.6 Å². The van der Waals surface area contributed by atoms with E-state index in [-0.39, 0.29) is 6.61 Å². The zero-order valence-electron chi connectivity index (χ0n) is 12.3. The minimum absolute atomic E-state index is 0.365. The van der Waals surface area contributed by atoms with Gasteiger partial charge in [-0.05, 0) is 18.1 Å². The molecule has 0 saturated carbocycles. The summed E-state index contributed by atoms with van der Waals surface area (Å²) in [6.07, 6.45) is 0.157. The van der Waals surface area contributed by atoms with Crippen LogP contribution in [0.4, 0.5) is 0 Å². The number of ether oxygens (including phenoxy) is 1. The Hall–Kier alpha value is 0.150. The molecule has 1 rings (SSSR count). The van der Waals surface area contributed by atoms with E-state index in [1.807, 2.05) is 0 Å². The van der Waals surface area contributed by atoms with E-state index in [0.717, 1.165) is 24.5 Å². The normalized spacial score (nSPS) is 34.6. The van der Waals surface area contributed by atoms with E-state index in [0.29, 0.717) is 0 Å². The van der Waals surface area contributed by atoms with Gasteiger partial charge in [0.1, 0.15) is 29.9 Å². The van der Waals surface area contributed by atoms with Crippen LogP contribution < -0.4 is 0 Å². The second-order valence-corrected chi connectivity index (χ2v) is 7.02. The third-order valence-corrected chi connectivity index (χ3v) is 4.80. The van der Waals surface area contributed by atoms with Crippen LogP contribution in [-0.4, -0.2) is 62.6 Å². The van der Waals surface area contributed by atoms with Crippen molar-refractivity contribution in [1.82, 2.24) is 0 Å². The summed E-state index contributed by atoms with van der Waals surface area (Å²) in [5.74, 6) is 1.56. The number of aliphatic hydroxyl groups is 4. The summed E-state index contributed by atoms with van der Waals surface area (Å²) in [6, 6.07) is 0. The van der Waals surface area contributed by atoms with Crippen LogP contribution >= 0.6 is 11.8 Å². The molecule has 0 amide bonds. The molecule has 4 N–H and O–H groups in total. The molecule has 1 fully saturated rings. The number of thioether (sulfide) groups is 1. The number of unbranched alkanes of at least 4 members (excludes halogenated alkanes) is 2. The van der Waals surface area contributed by atoms with Crippen molar-refractivity contribution in [2.45, 2.75) is 69.4 Å². The average Bonchev–Trinajstić information content (AvgIpc) is 2.42. The van der Waals surface area contributed by atoms with Crippen molar-refractivity contribution in [2.24, 2.45) is 5.92 Å². The Bertz CT molecular complexity index is 262. The van der Waals surface area contributed by atoms with Crippen molar-refractivity contribution in [2.75, 3.05) is 12.4 Å². The van der Waals surface area contributed by atoms with Gasteiger partial charge in [0.05, 0.1) is 6.61 Å². The van der Waals surface area contributed by atoms with Gasteiger partial charge in [-0.25, -0.2) is 0 Å². The molecule has 0 bridgehead atoms. The largest absolute Gasteiger partial charge is 0.394 e. The highest BCUT2D eigenvalue weighted by Crippen LogP contribution is 2.29. The van der Waals surface area contributed by atoms with Crippen LogP contribution in [0.15, 0.2) is 0 Å². The van der Waals surface area contributed by atoms with Gasteiger partial charge in [0, 0.05) is 0 Å². The van der Waals surface area contributed by atoms with E-state index in [4.69, 9.17) is 9.84 Å². The Labute approximate surface area is 125 Å². The van der Waals surface area contributed by atoms with E-state index in [2.05, 4.69) is 13.8 Å². The molecule has 5 nitrogen and oxygen atoms in total. The molecule has 1 unspecified atom stereocenters. The molecule has 20 heavy (non-hydrogen) atoms. The molecule has 0 aliphatic carbocycles. The van der Waals surface area contributed by atoms with Gasteiger partial charge in [0.2, 0.25) is 0 Å². The molecule has 5 atom stereocenters. The minimum Gasteiger partial charge on any atom is -0.394 e. The molecular formula is C14H28O5S. The Morgan fingerprint density at radius 3 is 2.30 bits per heavy atom. The highest BCUT2D eigenvalue weighted by atomic mass is 32.2. The smallest absolute Gasteiger partial charge is 0.132 e. The molecule has 0 aromatic carbocycles. The fourth-order valence-corrected chi connectivity index (χ4v) is 3.42. The summed E-state index contributed by atoms with van der Waals surface area (Å²) in [7, 11) is 0. The van der Waals surface area contributed by atoms with E-state index < -0.39 is 29.9 Å². The average molecular weight is 308 g/mol. The fourth-order valence-electron chi connectivity index (χ4n) is 2.24. The van der Waals surface area contributed by atoms with E-state index in [1.54, 1.807) is 0 Å². The van der Waals surface area contributed by atoms with Crippen molar-refractivity contribution in [3.05, 3.63) is 0 Å². The summed E-state index contributed by atoms with van der Waals surface area (Å²) in [5, 5.41) is 38.3. The molecule has 6 heteroatoms. The van der Waals surface area contributed by atoms with Gasteiger partial charge in [-0.2, -0.15) is 0 Å². The van der Waals surface area contributed by atoms with Crippen LogP contribution in [-0.2, 0) is 4.74 Å². The molecule has 0 aromatic rings. The second kappa shape index (κ2) is 9.23. The summed E-state index contributed by atoms with van der Waals surface area (Å²) in [6.45, 7) is 4.06. The lowest BCUT2D eigenvalue weighted by molar-refractivity contribution is -0.205. The molecular weight excluding hydrogens is 280 g/mol. The van der Waals surface area contributed by atoms with Crippen LogP contribution in [0.5, 0.6) is 0 Å². The Morgan fingerprint density at radius 1 is 1.00 bits per heavy atom.